The van der Waals surface area contributed by atoms with Crippen molar-refractivity contribution in [2.75, 3.05) is 12.8 Å². The van der Waals surface area contributed by atoms with Crippen LogP contribution in [0.3, 0.4) is 0 Å². The molecule has 1 atom stereocenters. The van der Waals surface area contributed by atoms with Crippen LogP contribution in [0.5, 0.6) is 0 Å². The first-order chi connectivity index (χ1) is 5.23. The van der Waals surface area contributed by atoms with Gasteiger partial charge in [-0.3, -0.25) is 0 Å². The predicted molar refractivity (Wildman–Crippen MR) is 48.2 cm³/mol. The molecule has 12 heavy (non-hydrogen) atoms. The van der Waals surface area contributed by atoms with Crippen LogP contribution >= 0.6 is 0 Å². The van der Waals surface area contributed by atoms with E-state index >= 15 is 0 Å². The topological polar surface area (TPSA) is 63.4 Å². The van der Waals surface area contributed by atoms with Crippen molar-refractivity contribution in [1.82, 2.24) is 4.31 Å². The maximum absolute atomic E-state index is 11.3. The second-order valence-corrected chi connectivity index (χ2v) is 5.98. The molecule has 1 heterocycles. The van der Waals surface area contributed by atoms with Gasteiger partial charge in [0.2, 0.25) is 10.0 Å². The van der Waals surface area contributed by atoms with Gasteiger partial charge in [0.25, 0.3) is 0 Å². The lowest BCUT2D eigenvalue weighted by molar-refractivity contribution is 0.294. The predicted octanol–water partition coefficient (Wildman–Crippen LogP) is -0.242. The van der Waals surface area contributed by atoms with Gasteiger partial charge in [0, 0.05) is 18.1 Å². The van der Waals surface area contributed by atoms with Crippen LogP contribution in [0.1, 0.15) is 20.3 Å². The van der Waals surface area contributed by atoms with Crippen molar-refractivity contribution >= 4 is 10.0 Å². The van der Waals surface area contributed by atoms with Gasteiger partial charge in [-0.15, -0.1) is 0 Å². The van der Waals surface area contributed by atoms with Crippen LogP contribution in [0.15, 0.2) is 0 Å². The third-order valence-electron chi connectivity index (χ3n) is 2.24. The smallest absolute Gasteiger partial charge is 0.211 e. The Hall–Kier alpha value is -0.130. The minimum absolute atomic E-state index is 0.0188. The first-order valence-electron chi connectivity index (χ1n) is 3.97. The fourth-order valence-electron chi connectivity index (χ4n) is 1.85. The summed E-state index contributed by atoms with van der Waals surface area (Å²) in [7, 11) is -3.09. The monoisotopic (exact) mass is 192 g/mol. The molecule has 4 nitrogen and oxygen atoms in total. The maximum atomic E-state index is 11.3. The molecular weight excluding hydrogens is 176 g/mol. The van der Waals surface area contributed by atoms with Crippen LogP contribution < -0.4 is 5.73 Å². The molecule has 0 aromatic rings. The number of hydrogen-bond acceptors (Lipinski definition) is 3. The van der Waals surface area contributed by atoms with Crippen molar-refractivity contribution in [3.05, 3.63) is 0 Å². The molecule has 1 aliphatic rings. The largest absolute Gasteiger partial charge is 0.326 e. The molecule has 2 N–H and O–H groups in total. The third kappa shape index (κ3) is 1.78. The number of rotatable bonds is 1. The lowest BCUT2D eigenvalue weighted by Crippen LogP contribution is -2.42. The van der Waals surface area contributed by atoms with Gasteiger partial charge in [0.15, 0.2) is 0 Å². The molecular formula is C7H16N2O2S. The quantitative estimate of drug-likeness (QED) is 0.623. The zero-order valence-corrected chi connectivity index (χ0v) is 8.56. The second-order valence-electron chi connectivity index (χ2n) is 4.07. The van der Waals surface area contributed by atoms with Gasteiger partial charge in [-0.25, -0.2) is 8.42 Å². The van der Waals surface area contributed by atoms with Gasteiger partial charge >= 0.3 is 0 Å². The minimum atomic E-state index is -3.09. The molecule has 0 amide bonds. The van der Waals surface area contributed by atoms with Crippen molar-refractivity contribution in [3.8, 4) is 0 Å². The molecule has 5 heteroatoms. The SMILES string of the molecule is CC1(C)CC(N)CN1S(C)(=O)=O. The van der Waals surface area contributed by atoms with E-state index in [-0.39, 0.29) is 11.6 Å². The van der Waals surface area contributed by atoms with Gasteiger partial charge in [-0.05, 0) is 20.3 Å². The van der Waals surface area contributed by atoms with Gasteiger partial charge < -0.3 is 5.73 Å². The Bertz CT molecular complexity index is 271. The van der Waals surface area contributed by atoms with E-state index in [9.17, 15) is 8.42 Å². The Balaban J connectivity index is 2.94. The molecule has 0 aromatic heterocycles. The van der Waals surface area contributed by atoms with Crippen LogP contribution in [0, 0.1) is 0 Å². The molecule has 0 aromatic carbocycles. The lowest BCUT2D eigenvalue weighted by Gasteiger charge is -2.28. The first-order valence-corrected chi connectivity index (χ1v) is 5.82. The fraction of sp³-hybridized carbons (Fsp3) is 1.00. The molecule has 0 radical (unpaired) electrons. The fourth-order valence-corrected chi connectivity index (χ4v) is 3.29. The van der Waals surface area contributed by atoms with Crippen LogP contribution in [-0.2, 0) is 10.0 Å². The van der Waals surface area contributed by atoms with E-state index in [1.165, 1.54) is 10.6 Å². The average Bonchev–Trinajstić information content (AvgIpc) is 2.02. The van der Waals surface area contributed by atoms with Crippen molar-refractivity contribution in [2.24, 2.45) is 5.73 Å². The summed E-state index contributed by atoms with van der Waals surface area (Å²) >= 11 is 0. The minimum Gasteiger partial charge on any atom is -0.326 e. The summed E-state index contributed by atoms with van der Waals surface area (Å²) in [5.74, 6) is 0. The summed E-state index contributed by atoms with van der Waals surface area (Å²) < 4.78 is 24.0. The van der Waals surface area contributed by atoms with Gasteiger partial charge in [-0.1, -0.05) is 0 Å². The lowest BCUT2D eigenvalue weighted by atomic mass is 10.0. The summed E-state index contributed by atoms with van der Waals surface area (Å²) in [5.41, 5.74) is 5.38. The highest BCUT2D eigenvalue weighted by Gasteiger charge is 2.41. The summed E-state index contributed by atoms with van der Waals surface area (Å²) in [4.78, 5) is 0. The van der Waals surface area contributed by atoms with Crippen molar-refractivity contribution in [1.29, 1.82) is 0 Å². The van der Waals surface area contributed by atoms with E-state index in [2.05, 4.69) is 0 Å². The van der Waals surface area contributed by atoms with Crippen molar-refractivity contribution < 1.29 is 8.42 Å². The Labute approximate surface area is 73.8 Å². The molecule has 0 spiro atoms. The van der Waals surface area contributed by atoms with E-state index < -0.39 is 10.0 Å². The van der Waals surface area contributed by atoms with E-state index in [0.29, 0.717) is 6.54 Å². The Morgan fingerprint density at radius 2 is 2.00 bits per heavy atom. The Morgan fingerprint density at radius 1 is 1.50 bits per heavy atom. The number of sulfonamides is 1. The number of nitrogens with two attached hydrogens (primary N) is 1. The van der Waals surface area contributed by atoms with Crippen LogP contribution in [0.2, 0.25) is 0 Å². The van der Waals surface area contributed by atoms with Crippen molar-refractivity contribution in [2.45, 2.75) is 31.8 Å². The van der Waals surface area contributed by atoms with E-state index in [4.69, 9.17) is 5.73 Å². The summed E-state index contributed by atoms with van der Waals surface area (Å²) in [6, 6.07) is -0.0188. The maximum Gasteiger partial charge on any atom is 0.211 e. The zero-order chi connectivity index (χ0) is 9.57. The van der Waals surface area contributed by atoms with Gasteiger partial charge in [0.05, 0.1) is 6.26 Å². The summed E-state index contributed by atoms with van der Waals surface area (Å²) in [6.45, 7) is 4.26. The van der Waals surface area contributed by atoms with E-state index in [0.717, 1.165) is 6.42 Å². The number of nitrogens with zero attached hydrogens (tertiary/aromatic N) is 1. The highest BCUT2D eigenvalue weighted by molar-refractivity contribution is 7.88. The molecule has 0 aliphatic carbocycles. The molecule has 1 saturated heterocycles. The van der Waals surface area contributed by atoms with E-state index in [1.54, 1.807) is 0 Å². The normalized spacial score (nSPS) is 30.8. The number of hydrogen-bond donors (Lipinski definition) is 1. The van der Waals surface area contributed by atoms with Crippen LogP contribution in [0.25, 0.3) is 0 Å². The molecule has 0 bridgehead atoms. The van der Waals surface area contributed by atoms with Crippen molar-refractivity contribution in [3.63, 3.8) is 0 Å². The highest BCUT2D eigenvalue weighted by atomic mass is 32.2. The van der Waals surface area contributed by atoms with E-state index in [1.807, 2.05) is 13.8 Å². The Kier molecular flexibility index (Phi) is 2.22. The van der Waals surface area contributed by atoms with Gasteiger partial charge in [-0.2, -0.15) is 4.31 Å². The van der Waals surface area contributed by atoms with Crippen LogP contribution in [0.4, 0.5) is 0 Å². The van der Waals surface area contributed by atoms with Gasteiger partial charge in [0.1, 0.15) is 0 Å². The average molecular weight is 192 g/mol. The molecule has 72 valence electrons. The molecule has 1 rings (SSSR count). The second kappa shape index (κ2) is 2.68. The third-order valence-corrected chi connectivity index (χ3v) is 3.68. The molecule has 0 saturated carbocycles. The molecule has 1 unspecified atom stereocenters. The molecule has 1 aliphatic heterocycles. The summed E-state index contributed by atoms with van der Waals surface area (Å²) in [6.07, 6.45) is 1.97. The zero-order valence-electron chi connectivity index (χ0n) is 7.74. The molecule has 1 fully saturated rings. The summed E-state index contributed by atoms with van der Waals surface area (Å²) in [5, 5.41) is 0. The van der Waals surface area contributed by atoms with Crippen LogP contribution in [-0.4, -0.2) is 37.1 Å². The highest BCUT2D eigenvalue weighted by Crippen LogP contribution is 2.29. The Morgan fingerprint density at radius 3 is 2.17 bits per heavy atom. The standard InChI is InChI=1S/C7H16N2O2S/c1-7(2)4-6(8)5-9(7)12(3,10)11/h6H,4-5,8H2,1-3H3. The first kappa shape index (κ1) is 9.95.